The van der Waals surface area contributed by atoms with Crippen LogP contribution in [0.3, 0.4) is 0 Å². The first kappa shape index (κ1) is 23.6. The number of phenolic OH excluding ortho intramolecular Hbond substituents is 1. The van der Waals surface area contributed by atoms with Crippen LogP contribution in [0, 0.1) is 27.3 Å². The third kappa shape index (κ3) is 5.28. The Morgan fingerprint density at radius 1 is 1.35 bits per heavy atom. The van der Waals surface area contributed by atoms with Crippen molar-refractivity contribution in [1.82, 2.24) is 4.90 Å². The zero-order valence-corrected chi connectivity index (χ0v) is 17.2. The number of rotatable bonds is 7. The van der Waals surface area contributed by atoms with Crippen LogP contribution in [-0.2, 0) is 22.7 Å². The van der Waals surface area contributed by atoms with Gasteiger partial charge in [0.05, 0.1) is 11.5 Å². The molecule has 0 radical (unpaired) electrons. The number of nitriles is 1. The molecule has 2 rings (SSSR count). The second-order valence-electron chi connectivity index (χ2n) is 6.43. The molecule has 11 heteroatoms. The molecule has 0 bridgehead atoms. The summed E-state index contributed by atoms with van der Waals surface area (Å²) in [4.78, 5) is 24.0. The SMILES string of the molecule is COCc1cc(/C(O)=C(\C#N)C(=O)N(C)Cc2cc(Cl)ccc2F)cc([N+](=O)[O-])c1O. The largest absolute Gasteiger partial charge is 0.506 e. The fraction of sp³-hybridized carbons (Fsp3) is 0.200. The van der Waals surface area contributed by atoms with Gasteiger partial charge >= 0.3 is 5.69 Å². The van der Waals surface area contributed by atoms with Gasteiger partial charge < -0.3 is 19.8 Å². The molecular formula is C20H17ClFN3O6. The summed E-state index contributed by atoms with van der Waals surface area (Å²) in [5.41, 5.74) is -1.66. The van der Waals surface area contributed by atoms with Crippen LogP contribution >= 0.6 is 11.6 Å². The van der Waals surface area contributed by atoms with E-state index in [2.05, 4.69) is 0 Å². The quantitative estimate of drug-likeness (QED) is 0.216. The molecule has 2 aromatic rings. The van der Waals surface area contributed by atoms with Crippen LogP contribution in [0.5, 0.6) is 5.75 Å². The number of aliphatic hydroxyl groups is 1. The van der Waals surface area contributed by atoms with Crippen molar-refractivity contribution in [1.29, 1.82) is 5.26 Å². The highest BCUT2D eigenvalue weighted by Crippen LogP contribution is 2.34. The number of phenols is 1. The van der Waals surface area contributed by atoms with Crippen molar-refractivity contribution in [3.63, 3.8) is 0 Å². The van der Waals surface area contributed by atoms with Gasteiger partial charge in [0.1, 0.15) is 17.6 Å². The van der Waals surface area contributed by atoms with E-state index in [1.807, 2.05) is 0 Å². The number of hydrogen-bond donors (Lipinski definition) is 2. The molecule has 0 saturated carbocycles. The minimum Gasteiger partial charge on any atom is -0.506 e. The Morgan fingerprint density at radius 3 is 2.61 bits per heavy atom. The first-order chi connectivity index (χ1) is 14.6. The lowest BCUT2D eigenvalue weighted by Crippen LogP contribution is -2.28. The topological polar surface area (TPSA) is 137 Å². The molecule has 0 spiro atoms. The maximum atomic E-state index is 14.0. The molecule has 0 aliphatic rings. The zero-order valence-electron chi connectivity index (χ0n) is 16.4. The first-order valence-corrected chi connectivity index (χ1v) is 9.00. The summed E-state index contributed by atoms with van der Waals surface area (Å²) in [7, 11) is 2.57. The van der Waals surface area contributed by atoms with Gasteiger partial charge in [-0.05, 0) is 24.3 Å². The number of hydrogen-bond acceptors (Lipinski definition) is 7. The van der Waals surface area contributed by atoms with Crippen LogP contribution in [0.4, 0.5) is 10.1 Å². The van der Waals surface area contributed by atoms with E-state index in [1.54, 1.807) is 6.07 Å². The monoisotopic (exact) mass is 449 g/mol. The Kier molecular flexibility index (Phi) is 7.52. The summed E-state index contributed by atoms with van der Waals surface area (Å²) in [5.74, 6) is -3.08. The molecule has 0 atom stereocenters. The van der Waals surface area contributed by atoms with E-state index in [0.29, 0.717) is 0 Å². The van der Waals surface area contributed by atoms with Gasteiger partial charge in [0.15, 0.2) is 11.3 Å². The van der Waals surface area contributed by atoms with E-state index in [0.717, 1.165) is 23.1 Å². The first-order valence-electron chi connectivity index (χ1n) is 8.63. The van der Waals surface area contributed by atoms with Gasteiger partial charge in [0.2, 0.25) is 0 Å². The van der Waals surface area contributed by atoms with Crippen LogP contribution in [0.25, 0.3) is 5.76 Å². The van der Waals surface area contributed by atoms with Crippen molar-refractivity contribution in [2.45, 2.75) is 13.2 Å². The second kappa shape index (κ2) is 9.88. The van der Waals surface area contributed by atoms with Crippen molar-refractivity contribution in [2.24, 2.45) is 0 Å². The summed E-state index contributed by atoms with van der Waals surface area (Å²) in [6, 6.07) is 7.32. The number of aromatic hydroxyl groups is 1. The molecule has 0 aliphatic carbocycles. The van der Waals surface area contributed by atoms with Crippen molar-refractivity contribution >= 4 is 29.0 Å². The lowest BCUT2D eigenvalue weighted by atomic mass is 10.0. The molecule has 0 heterocycles. The third-order valence-electron chi connectivity index (χ3n) is 4.26. The Bertz CT molecular complexity index is 1110. The summed E-state index contributed by atoms with van der Waals surface area (Å²) < 4.78 is 18.8. The van der Waals surface area contributed by atoms with E-state index in [1.165, 1.54) is 26.3 Å². The molecule has 0 aliphatic heterocycles. The predicted molar refractivity (Wildman–Crippen MR) is 109 cm³/mol. The van der Waals surface area contributed by atoms with Crippen molar-refractivity contribution in [3.05, 3.63) is 73.5 Å². The molecule has 2 N–H and O–H groups in total. The Hall–Kier alpha value is -3.68. The molecule has 0 unspecified atom stereocenters. The van der Waals surface area contributed by atoms with E-state index >= 15 is 0 Å². The van der Waals surface area contributed by atoms with Crippen LogP contribution < -0.4 is 0 Å². The van der Waals surface area contributed by atoms with Gasteiger partial charge in [-0.25, -0.2) is 4.39 Å². The highest BCUT2D eigenvalue weighted by atomic mass is 35.5. The third-order valence-corrected chi connectivity index (χ3v) is 4.50. The van der Waals surface area contributed by atoms with Crippen LogP contribution in [0.1, 0.15) is 16.7 Å². The molecule has 0 saturated heterocycles. The number of nitro benzene ring substituents is 1. The lowest BCUT2D eigenvalue weighted by Gasteiger charge is -2.18. The van der Waals surface area contributed by atoms with Crippen LogP contribution in [0.15, 0.2) is 35.9 Å². The number of aliphatic hydroxyl groups excluding tert-OH is 1. The standard InChI is InChI=1S/C20H17ClFN3O6/c1-24(9-12-6-14(21)3-4-16(12)22)20(28)15(8-23)18(26)11-5-13(10-31-2)19(27)17(7-11)25(29)30/h3-7,26-27H,9-10H2,1-2H3/b18-15-. The maximum Gasteiger partial charge on any atom is 0.311 e. The molecule has 1 amide bonds. The molecule has 9 nitrogen and oxygen atoms in total. The number of likely N-dealkylation sites (N-methyl/N-ethyl adjacent to an activating group) is 1. The van der Waals surface area contributed by atoms with Gasteiger partial charge in [-0.2, -0.15) is 5.26 Å². The second-order valence-corrected chi connectivity index (χ2v) is 6.86. The minimum absolute atomic E-state index is 0.0302. The van der Waals surface area contributed by atoms with Crippen LogP contribution in [0.2, 0.25) is 5.02 Å². The Balaban J connectivity index is 2.48. The molecule has 0 fully saturated rings. The van der Waals surface area contributed by atoms with Gasteiger partial charge in [-0.1, -0.05) is 11.6 Å². The lowest BCUT2D eigenvalue weighted by molar-refractivity contribution is -0.386. The number of nitrogens with zero attached hydrogens (tertiary/aromatic N) is 3. The highest BCUT2D eigenvalue weighted by molar-refractivity contribution is 6.30. The van der Waals surface area contributed by atoms with Gasteiger partial charge in [0, 0.05) is 48.5 Å². The average molecular weight is 450 g/mol. The minimum atomic E-state index is -0.955. The highest BCUT2D eigenvalue weighted by Gasteiger charge is 2.25. The Morgan fingerprint density at radius 2 is 2.03 bits per heavy atom. The number of benzene rings is 2. The van der Waals surface area contributed by atoms with Crippen molar-refractivity contribution < 1.29 is 29.1 Å². The fourth-order valence-corrected chi connectivity index (χ4v) is 2.94. The summed E-state index contributed by atoms with van der Waals surface area (Å²) in [6.45, 7) is -0.480. The van der Waals surface area contributed by atoms with E-state index < -0.39 is 39.4 Å². The number of ether oxygens (including phenoxy) is 1. The van der Waals surface area contributed by atoms with Gasteiger partial charge in [-0.15, -0.1) is 0 Å². The summed E-state index contributed by atoms with van der Waals surface area (Å²) in [5, 5.41) is 41.4. The van der Waals surface area contributed by atoms with Gasteiger partial charge in [0.25, 0.3) is 5.91 Å². The van der Waals surface area contributed by atoms with E-state index in [-0.39, 0.29) is 34.9 Å². The number of nitro groups is 1. The Labute approximate surface area is 181 Å². The van der Waals surface area contributed by atoms with Crippen molar-refractivity contribution in [2.75, 3.05) is 14.2 Å². The van der Waals surface area contributed by atoms with E-state index in [4.69, 9.17) is 16.3 Å². The van der Waals surface area contributed by atoms with Crippen molar-refractivity contribution in [3.8, 4) is 11.8 Å². The van der Waals surface area contributed by atoms with Crippen LogP contribution in [-0.4, -0.2) is 40.1 Å². The number of carbonyl (C=O) groups is 1. The number of amides is 1. The molecule has 2 aromatic carbocycles. The predicted octanol–water partition coefficient (Wildman–Crippen LogP) is 3.69. The molecule has 162 valence electrons. The number of methoxy groups -OCH3 is 1. The number of halogens is 2. The molecule has 31 heavy (non-hydrogen) atoms. The average Bonchev–Trinajstić information content (AvgIpc) is 2.72. The van der Waals surface area contributed by atoms with E-state index in [9.17, 15) is 34.8 Å². The normalized spacial score (nSPS) is 11.5. The fourth-order valence-electron chi connectivity index (χ4n) is 2.75. The van der Waals surface area contributed by atoms with Gasteiger partial charge in [-0.3, -0.25) is 14.9 Å². The zero-order chi connectivity index (χ0) is 23.3. The molecular weight excluding hydrogens is 433 g/mol. The summed E-state index contributed by atoms with van der Waals surface area (Å²) >= 11 is 5.84. The molecule has 0 aromatic heterocycles. The maximum absolute atomic E-state index is 14.0. The smallest absolute Gasteiger partial charge is 0.311 e. The number of carbonyl (C=O) groups excluding carboxylic acids is 1. The summed E-state index contributed by atoms with van der Waals surface area (Å²) in [6.07, 6.45) is 0.